The molecule has 0 aliphatic carbocycles. The van der Waals surface area contributed by atoms with E-state index in [1.54, 1.807) is 6.92 Å². The molecule has 0 radical (unpaired) electrons. The second-order valence-electron chi connectivity index (χ2n) is 1.33. The normalized spacial score (nSPS) is 9.88. The van der Waals surface area contributed by atoms with Crippen LogP contribution in [0.5, 0.6) is 0 Å². The van der Waals surface area contributed by atoms with Crippen LogP contribution in [0.2, 0.25) is 0 Å². The maximum Gasteiger partial charge on any atom is 0.382 e. The van der Waals surface area contributed by atoms with Gasteiger partial charge in [0.2, 0.25) is 0 Å². The van der Waals surface area contributed by atoms with Gasteiger partial charge in [-0.25, -0.2) is 0 Å². The van der Waals surface area contributed by atoms with Gasteiger partial charge in [-0.15, -0.1) is 4.39 Å². The fourth-order valence-electron chi connectivity index (χ4n) is 0.346. The molecule has 0 saturated carbocycles. The van der Waals surface area contributed by atoms with E-state index in [0.717, 1.165) is 0 Å². The molecule has 2 nitrogen and oxygen atoms in total. The highest BCUT2D eigenvalue weighted by Gasteiger charge is 2.02. The van der Waals surface area contributed by atoms with Gasteiger partial charge in [-0.1, -0.05) is 0 Å². The molecule has 0 atom stereocenters. The lowest BCUT2D eigenvalue weighted by Gasteiger charge is -1.73. The van der Waals surface area contributed by atoms with Crippen LogP contribution >= 0.6 is 15.9 Å². The zero-order valence-electron chi connectivity index (χ0n) is 4.11. The van der Waals surface area contributed by atoms with E-state index in [2.05, 4.69) is 25.3 Å². The van der Waals surface area contributed by atoms with Gasteiger partial charge in [-0.2, -0.15) is 4.98 Å². The zero-order chi connectivity index (χ0) is 6.15. The quantitative estimate of drug-likeness (QED) is 0.609. The summed E-state index contributed by atoms with van der Waals surface area (Å²) in [6.07, 6.45) is -0.797. The van der Waals surface area contributed by atoms with Crippen molar-refractivity contribution < 1.29 is 8.81 Å². The summed E-state index contributed by atoms with van der Waals surface area (Å²) in [4.78, 5) is 3.33. The van der Waals surface area contributed by atoms with Crippen LogP contribution in [-0.4, -0.2) is 4.98 Å². The number of hydrogen-bond donors (Lipinski definition) is 0. The third kappa shape index (κ3) is 0.888. The lowest BCUT2D eigenvalue weighted by molar-refractivity contribution is 0.325. The largest absolute Gasteiger partial charge is 0.407 e. The second kappa shape index (κ2) is 1.85. The monoisotopic (exact) mass is 179 g/mol. The topological polar surface area (TPSA) is 26.0 Å². The number of aromatic nitrogens is 1. The van der Waals surface area contributed by atoms with Gasteiger partial charge in [0.25, 0.3) is 0 Å². The molecule has 8 heavy (non-hydrogen) atoms. The van der Waals surface area contributed by atoms with Crippen LogP contribution in [0.4, 0.5) is 4.39 Å². The molecule has 0 spiro atoms. The smallest absolute Gasteiger partial charge is 0.382 e. The standard InChI is InChI=1S/C4H3BrFNO/c1-2-3(5)8-4(6)7-2/h1H3. The van der Waals surface area contributed by atoms with Crippen molar-refractivity contribution in [1.29, 1.82) is 0 Å². The second-order valence-corrected chi connectivity index (χ2v) is 2.05. The molecule has 0 aliphatic heterocycles. The highest BCUT2D eigenvalue weighted by molar-refractivity contribution is 9.10. The van der Waals surface area contributed by atoms with Crippen LogP contribution in [0.3, 0.4) is 0 Å². The lowest BCUT2D eigenvalue weighted by Crippen LogP contribution is -1.69. The predicted octanol–water partition coefficient (Wildman–Crippen LogP) is 1.88. The van der Waals surface area contributed by atoms with Crippen LogP contribution in [0.15, 0.2) is 9.09 Å². The number of aryl methyl sites for hydroxylation is 1. The Morgan fingerprint density at radius 1 is 1.75 bits per heavy atom. The molecule has 4 heteroatoms. The van der Waals surface area contributed by atoms with E-state index in [-0.39, 0.29) is 0 Å². The summed E-state index contributed by atoms with van der Waals surface area (Å²) in [5.41, 5.74) is 0.530. The van der Waals surface area contributed by atoms with Crippen LogP contribution < -0.4 is 0 Å². The molecule has 1 aromatic rings. The molecule has 0 saturated heterocycles. The van der Waals surface area contributed by atoms with Crippen molar-refractivity contribution in [2.24, 2.45) is 0 Å². The first kappa shape index (κ1) is 5.75. The molecular weight excluding hydrogens is 177 g/mol. The summed E-state index contributed by atoms with van der Waals surface area (Å²) in [5, 5.41) is 0. The van der Waals surface area contributed by atoms with Gasteiger partial charge < -0.3 is 4.42 Å². The van der Waals surface area contributed by atoms with E-state index in [1.807, 2.05) is 0 Å². The van der Waals surface area contributed by atoms with Gasteiger partial charge in [-0.3, -0.25) is 0 Å². The average molecular weight is 180 g/mol. The minimum absolute atomic E-state index is 0.356. The molecule has 0 fully saturated rings. The number of hydrogen-bond acceptors (Lipinski definition) is 2. The maximum absolute atomic E-state index is 11.9. The van der Waals surface area contributed by atoms with Gasteiger partial charge >= 0.3 is 6.14 Å². The maximum atomic E-state index is 11.9. The fourth-order valence-corrected chi connectivity index (χ4v) is 0.569. The lowest BCUT2D eigenvalue weighted by atomic mass is 10.6. The number of oxazole rings is 1. The molecule has 0 unspecified atom stereocenters. The third-order valence-electron chi connectivity index (χ3n) is 0.714. The average Bonchev–Trinajstić information content (AvgIpc) is 1.85. The molecule has 1 heterocycles. The SMILES string of the molecule is Cc1nc(F)oc1Br. The van der Waals surface area contributed by atoms with Crippen molar-refractivity contribution in [3.05, 3.63) is 16.5 Å². The van der Waals surface area contributed by atoms with Crippen molar-refractivity contribution in [3.63, 3.8) is 0 Å². The summed E-state index contributed by atoms with van der Waals surface area (Å²) in [6.45, 7) is 1.65. The van der Waals surface area contributed by atoms with Crippen molar-refractivity contribution in [2.75, 3.05) is 0 Å². The van der Waals surface area contributed by atoms with Gasteiger partial charge in [-0.05, 0) is 22.9 Å². The molecule has 1 rings (SSSR count). The highest BCUT2D eigenvalue weighted by Crippen LogP contribution is 2.14. The fraction of sp³-hybridized carbons (Fsp3) is 0.250. The highest BCUT2D eigenvalue weighted by atomic mass is 79.9. The molecule has 44 valence electrons. The van der Waals surface area contributed by atoms with Crippen LogP contribution in [0, 0.1) is 13.1 Å². The third-order valence-corrected chi connectivity index (χ3v) is 1.45. The van der Waals surface area contributed by atoms with Gasteiger partial charge in [0, 0.05) is 0 Å². The summed E-state index contributed by atoms with van der Waals surface area (Å²) in [6, 6.07) is 0. The van der Waals surface area contributed by atoms with Crippen molar-refractivity contribution in [2.45, 2.75) is 6.92 Å². The molecule has 0 aliphatic rings. The van der Waals surface area contributed by atoms with Crippen LogP contribution in [0.25, 0.3) is 0 Å². The predicted molar refractivity (Wildman–Crippen MR) is 28.9 cm³/mol. The van der Waals surface area contributed by atoms with Crippen molar-refractivity contribution in [1.82, 2.24) is 4.98 Å². The van der Waals surface area contributed by atoms with E-state index in [0.29, 0.717) is 10.4 Å². The summed E-state index contributed by atoms with van der Waals surface area (Å²) in [5.74, 6) is 0. The first-order chi connectivity index (χ1) is 3.70. The van der Waals surface area contributed by atoms with Gasteiger partial charge in [0.15, 0.2) is 4.67 Å². The Kier molecular flexibility index (Phi) is 1.33. The van der Waals surface area contributed by atoms with Crippen LogP contribution in [0.1, 0.15) is 5.69 Å². The van der Waals surface area contributed by atoms with E-state index >= 15 is 0 Å². The Morgan fingerprint density at radius 3 is 2.50 bits per heavy atom. The molecule has 0 N–H and O–H groups in total. The molecule has 0 aromatic carbocycles. The van der Waals surface area contributed by atoms with E-state index < -0.39 is 6.14 Å². The van der Waals surface area contributed by atoms with Crippen molar-refractivity contribution >= 4 is 15.9 Å². The van der Waals surface area contributed by atoms with Crippen LogP contribution in [-0.2, 0) is 0 Å². The Morgan fingerprint density at radius 2 is 2.38 bits per heavy atom. The minimum atomic E-state index is -0.797. The number of halogens is 2. The van der Waals surface area contributed by atoms with Gasteiger partial charge in [0.05, 0.1) is 5.69 Å². The van der Waals surface area contributed by atoms with E-state index in [4.69, 9.17) is 0 Å². The minimum Gasteiger partial charge on any atom is -0.407 e. The zero-order valence-corrected chi connectivity index (χ0v) is 5.70. The molecule has 0 amide bonds. The Bertz CT molecular complexity index is 178. The molecule has 1 aromatic heterocycles. The summed E-state index contributed by atoms with van der Waals surface area (Å²) >= 11 is 2.95. The Hall–Kier alpha value is -0.380. The van der Waals surface area contributed by atoms with Gasteiger partial charge in [0.1, 0.15) is 0 Å². The Balaban J connectivity index is 3.14. The molecular formula is C4H3BrFNO. The van der Waals surface area contributed by atoms with E-state index in [9.17, 15) is 4.39 Å². The summed E-state index contributed by atoms with van der Waals surface area (Å²) < 4.78 is 16.6. The summed E-state index contributed by atoms with van der Waals surface area (Å²) in [7, 11) is 0. The number of rotatable bonds is 0. The van der Waals surface area contributed by atoms with E-state index in [1.165, 1.54) is 0 Å². The first-order valence-electron chi connectivity index (χ1n) is 1.98. The van der Waals surface area contributed by atoms with Crippen molar-refractivity contribution in [3.8, 4) is 0 Å². The Labute approximate surface area is 53.8 Å². The first-order valence-corrected chi connectivity index (χ1v) is 2.78. The number of nitrogens with zero attached hydrogens (tertiary/aromatic N) is 1. The molecule has 0 bridgehead atoms.